The van der Waals surface area contributed by atoms with Crippen molar-refractivity contribution in [3.05, 3.63) is 48.3 Å². The van der Waals surface area contributed by atoms with Crippen LogP contribution in [-0.2, 0) is 0 Å². The average molecular weight is 283 g/mol. The van der Waals surface area contributed by atoms with E-state index in [0.29, 0.717) is 11.6 Å². The maximum absolute atomic E-state index is 12.9. The number of carbonyl (C=O) groups excluding carboxylic acids is 1. The van der Waals surface area contributed by atoms with Gasteiger partial charge in [0.25, 0.3) is 0 Å². The normalized spacial score (nSPS) is 25.7. The molecule has 4 heteroatoms. The fourth-order valence-electron chi connectivity index (χ4n) is 3.30. The number of para-hydroxylation sites is 1. The van der Waals surface area contributed by atoms with Crippen molar-refractivity contribution in [2.24, 2.45) is 11.7 Å². The molecule has 0 aliphatic heterocycles. The summed E-state index contributed by atoms with van der Waals surface area (Å²) in [6.45, 7) is 2.17. The van der Waals surface area contributed by atoms with Crippen LogP contribution in [0.3, 0.4) is 0 Å². The van der Waals surface area contributed by atoms with Gasteiger partial charge in [-0.25, -0.2) is 4.68 Å². The second-order valence-electron chi connectivity index (χ2n) is 6.15. The molecule has 2 unspecified atom stereocenters. The van der Waals surface area contributed by atoms with Crippen LogP contribution in [0.15, 0.2) is 42.6 Å². The first-order valence-electron chi connectivity index (χ1n) is 7.53. The molecular weight excluding hydrogens is 262 g/mol. The van der Waals surface area contributed by atoms with Crippen molar-refractivity contribution in [2.75, 3.05) is 0 Å². The zero-order valence-corrected chi connectivity index (χ0v) is 12.3. The minimum atomic E-state index is -0.746. The van der Waals surface area contributed by atoms with Crippen LogP contribution >= 0.6 is 0 Å². The van der Waals surface area contributed by atoms with Crippen LogP contribution in [-0.4, -0.2) is 21.1 Å². The second kappa shape index (κ2) is 5.45. The van der Waals surface area contributed by atoms with E-state index in [2.05, 4.69) is 12.0 Å². The average Bonchev–Trinajstić information content (AvgIpc) is 2.96. The third kappa shape index (κ3) is 2.63. The van der Waals surface area contributed by atoms with Crippen molar-refractivity contribution in [1.29, 1.82) is 0 Å². The van der Waals surface area contributed by atoms with E-state index >= 15 is 0 Å². The number of Topliss-reactive ketones (excluding diaryl/α,β-unsaturated/α-hetero) is 1. The Morgan fingerprint density at radius 1 is 1.33 bits per heavy atom. The molecule has 2 N–H and O–H groups in total. The van der Waals surface area contributed by atoms with E-state index in [4.69, 9.17) is 5.73 Å². The Morgan fingerprint density at radius 2 is 2.10 bits per heavy atom. The summed E-state index contributed by atoms with van der Waals surface area (Å²) in [6.07, 6.45) is 5.35. The van der Waals surface area contributed by atoms with E-state index in [1.165, 1.54) is 0 Å². The third-order valence-corrected chi connectivity index (χ3v) is 4.36. The van der Waals surface area contributed by atoms with E-state index in [1.54, 1.807) is 16.9 Å². The topological polar surface area (TPSA) is 60.9 Å². The van der Waals surface area contributed by atoms with Crippen LogP contribution in [0.25, 0.3) is 5.69 Å². The third-order valence-electron chi connectivity index (χ3n) is 4.36. The Labute approximate surface area is 125 Å². The standard InChI is InChI=1S/C17H21N3O/c1-13-6-5-10-17(18,12-13)16(21)15-9-11-19-20(15)14-7-3-2-4-8-14/h2-4,7-9,11,13H,5-6,10,12,18H2,1H3. The van der Waals surface area contributed by atoms with Gasteiger partial charge in [0.1, 0.15) is 5.69 Å². The van der Waals surface area contributed by atoms with Gasteiger partial charge in [-0.05, 0) is 37.0 Å². The van der Waals surface area contributed by atoms with Crippen molar-refractivity contribution in [1.82, 2.24) is 9.78 Å². The van der Waals surface area contributed by atoms with Crippen LogP contribution in [0.2, 0.25) is 0 Å². The maximum Gasteiger partial charge on any atom is 0.201 e. The molecule has 1 heterocycles. The van der Waals surface area contributed by atoms with E-state index in [9.17, 15) is 4.79 Å². The maximum atomic E-state index is 12.9. The molecule has 4 nitrogen and oxygen atoms in total. The quantitative estimate of drug-likeness (QED) is 0.881. The number of hydrogen-bond donors (Lipinski definition) is 1. The van der Waals surface area contributed by atoms with Gasteiger partial charge in [-0.15, -0.1) is 0 Å². The summed E-state index contributed by atoms with van der Waals surface area (Å²) in [6, 6.07) is 11.5. The minimum absolute atomic E-state index is 0.00963. The van der Waals surface area contributed by atoms with Crippen molar-refractivity contribution >= 4 is 5.78 Å². The van der Waals surface area contributed by atoms with Crippen LogP contribution in [0.1, 0.15) is 43.1 Å². The molecule has 1 aromatic carbocycles. The lowest BCUT2D eigenvalue weighted by atomic mass is 9.74. The van der Waals surface area contributed by atoms with Crippen LogP contribution < -0.4 is 5.73 Å². The number of benzene rings is 1. The van der Waals surface area contributed by atoms with E-state index in [1.807, 2.05) is 30.3 Å². The molecular formula is C17H21N3O. The van der Waals surface area contributed by atoms with Gasteiger partial charge >= 0.3 is 0 Å². The molecule has 0 bridgehead atoms. The van der Waals surface area contributed by atoms with Crippen molar-refractivity contribution in [2.45, 2.75) is 38.1 Å². The molecule has 1 fully saturated rings. The zero-order chi connectivity index (χ0) is 14.9. The highest BCUT2D eigenvalue weighted by Gasteiger charge is 2.39. The van der Waals surface area contributed by atoms with Gasteiger partial charge in [-0.3, -0.25) is 4.79 Å². The summed E-state index contributed by atoms with van der Waals surface area (Å²) in [7, 11) is 0. The van der Waals surface area contributed by atoms with Gasteiger partial charge in [0, 0.05) is 0 Å². The molecule has 0 saturated heterocycles. The number of ketones is 1. The summed E-state index contributed by atoms with van der Waals surface area (Å²) in [5, 5.41) is 4.29. The first kappa shape index (κ1) is 14.0. The van der Waals surface area contributed by atoms with E-state index < -0.39 is 5.54 Å². The molecule has 1 aliphatic carbocycles. The Kier molecular flexibility index (Phi) is 3.64. The lowest BCUT2D eigenvalue weighted by Gasteiger charge is -2.35. The van der Waals surface area contributed by atoms with Crippen molar-refractivity contribution < 1.29 is 4.79 Å². The molecule has 2 aromatic rings. The number of nitrogens with zero attached hydrogens (tertiary/aromatic N) is 2. The van der Waals surface area contributed by atoms with Gasteiger partial charge in [0.2, 0.25) is 5.78 Å². The molecule has 0 spiro atoms. The van der Waals surface area contributed by atoms with Crippen LogP contribution in [0, 0.1) is 5.92 Å². The Balaban J connectivity index is 1.95. The number of rotatable bonds is 3. The zero-order valence-electron chi connectivity index (χ0n) is 12.3. The largest absolute Gasteiger partial charge is 0.319 e. The SMILES string of the molecule is CC1CCCC(N)(C(=O)c2ccnn2-c2ccccc2)C1. The monoisotopic (exact) mass is 283 g/mol. The number of carbonyl (C=O) groups is 1. The first-order valence-corrected chi connectivity index (χ1v) is 7.53. The van der Waals surface area contributed by atoms with Gasteiger partial charge in [0.05, 0.1) is 17.4 Å². The molecule has 3 rings (SSSR count). The van der Waals surface area contributed by atoms with Gasteiger partial charge in [-0.1, -0.05) is 38.0 Å². The lowest BCUT2D eigenvalue weighted by molar-refractivity contribution is 0.0811. The second-order valence-corrected chi connectivity index (χ2v) is 6.15. The molecule has 1 aromatic heterocycles. The summed E-state index contributed by atoms with van der Waals surface area (Å²) in [5.74, 6) is 0.510. The number of hydrogen-bond acceptors (Lipinski definition) is 3. The number of aromatic nitrogens is 2. The molecule has 0 radical (unpaired) electrons. The highest BCUT2D eigenvalue weighted by atomic mass is 16.1. The smallest absolute Gasteiger partial charge is 0.201 e. The number of nitrogens with two attached hydrogens (primary N) is 1. The summed E-state index contributed by atoms with van der Waals surface area (Å²) >= 11 is 0. The van der Waals surface area contributed by atoms with Crippen LogP contribution in [0.4, 0.5) is 0 Å². The highest BCUT2D eigenvalue weighted by molar-refractivity contribution is 6.02. The fraction of sp³-hybridized carbons (Fsp3) is 0.412. The highest BCUT2D eigenvalue weighted by Crippen LogP contribution is 2.33. The summed E-state index contributed by atoms with van der Waals surface area (Å²) < 4.78 is 1.69. The molecule has 1 saturated carbocycles. The van der Waals surface area contributed by atoms with E-state index in [0.717, 1.165) is 31.4 Å². The Morgan fingerprint density at radius 3 is 2.81 bits per heavy atom. The van der Waals surface area contributed by atoms with Crippen LogP contribution in [0.5, 0.6) is 0 Å². The minimum Gasteiger partial charge on any atom is -0.319 e. The Bertz CT molecular complexity index is 634. The molecule has 0 amide bonds. The molecule has 1 aliphatic rings. The first-order chi connectivity index (χ1) is 10.1. The van der Waals surface area contributed by atoms with E-state index in [-0.39, 0.29) is 5.78 Å². The Hall–Kier alpha value is -1.94. The lowest BCUT2D eigenvalue weighted by Crippen LogP contribution is -2.51. The predicted molar refractivity (Wildman–Crippen MR) is 82.4 cm³/mol. The molecule has 2 atom stereocenters. The molecule has 21 heavy (non-hydrogen) atoms. The van der Waals surface area contributed by atoms with Crippen molar-refractivity contribution in [3.63, 3.8) is 0 Å². The van der Waals surface area contributed by atoms with Crippen molar-refractivity contribution in [3.8, 4) is 5.69 Å². The molecule has 110 valence electrons. The summed E-state index contributed by atoms with van der Waals surface area (Å²) in [5.41, 5.74) is 7.16. The summed E-state index contributed by atoms with van der Waals surface area (Å²) in [4.78, 5) is 12.9. The van der Waals surface area contributed by atoms with Gasteiger partial charge in [0.15, 0.2) is 0 Å². The fourth-order valence-corrected chi connectivity index (χ4v) is 3.30. The van der Waals surface area contributed by atoms with Gasteiger partial charge in [-0.2, -0.15) is 5.10 Å². The predicted octanol–water partition coefficient (Wildman–Crippen LogP) is 2.96. The van der Waals surface area contributed by atoms with Gasteiger partial charge < -0.3 is 5.73 Å².